The zero-order valence-corrected chi connectivity index (χ0v) is 19.3. The molecule has 0 aromatic heterocycles. The van der Waals surface area contributed by atoms with E-state index in [4.69, 9.17) is 7.25 Å². The van der Waals surface area contributed by atoms with Crippen molar-refractivity contribution in [2.24, 2.45) is 4.99 Å². The van der Waals surface area contributed by atoms with Gasteiger partial charge in [-0.3, -0.25) is 0 Å². The quantitative estimate of drug-likeness (QED) is 0.164. The van der Waals surface area contributed by atoms with Crippen LogP contribution in [0.15, 0.2) is 96.0 Å². The first kappa shape index (κ1) is 22.7. The number of aliphatic imine (C=N–C) groups is 1. The van der Waals surface area contributed by atoms with Crippen molar-refractivity contribution in [2.75, 3.05) is 0 Å². The van der Waals surface area contributed by atoms with Gasteiger partial charge in [0, 0.05) is 0 Å². The van der Waals surface area contributed by atoms with Crippen LogP contribution in [0.5, 0.6) is 0 Å². The Hall–Kier alpha value is -2.44. The average Bonchev–Trinajstić information content (AvgIpc) is 3.24. The van der Waals surface area contributed by atoms with Crippen molar-refractivity contribution < 1.29 is 28.8 Å². The molecule has 5 nitrogen and oxygen atoms in total. The summed E-state index contributed by atoms with van der Waals surface area (Å²) in [6.45, 7) is 0. The number of hydrogen-bond acceptors (Lipinski definition) is 5. The second-order valence-electron chi connectivity index (χ2n) is 6.66. The summed E-state index contributed by atoms with van der Waals surface area (Å²) in [4.78, 5) is 4.57. The summed E-state index contributed by atoms with van der Waals surface area (Å²) in [5.41, 5.74) is -4.23. The number of ether oxygens (including phenoxy) is 1. The Labute approximate surface area is 191 Å². The van der Waals surface area contributed by atoms with Crippen molar-refractivity contribution in [3.63, 3.8) is 0 Å². The van der Waals surface area contributed by atoms with Crippen LogP contribution in [0.1, 0.15) is 17.2 Å². The molecule has 0 radical (unpaired) electrons. The Morgan fingerprint density at radius 3 is 1.94 bits per heavy atom. The topological polar surface area (TPSA) is 65.0 Å². The zero-order chi connectivity index (χ0) is 22.8. The van der Waals surface area contributed by atoms with E-state index in [1.165, 1.54) is 0 Å². The van der Waals surface area contributed by atoms with Crippen LogP contribution in [0.25, 0.3) is 0 Å². The molecule has 0 saturated heterocycles. The van der Waals surface area contributed by atoms with Gasteiger partial charge in [-0.15, -0.1) is 0 Å². The molecule has 3 aromatic rings. The Kier molecular flexibility index (Phi) is 6.54. The van der Waals surface area contributed by atoms with Crippen molar-refractivity contribution in [1.82, 2.24) is 0 Å². The van der Waals surface area contributed by atoms with E-state index in [0.29, 0.717) is 14.7 Å². The molecule has 0 N–H and O–H groups in total. The Morgan fingerprint density at radius 1 is 0.844 bits per heavy atom. The fourth-order valence-electron chi connectivity index (χ4n) is 2.99. The summed E-state index contributed by atoms with van der Waals surface area (Å²) in [6.07, 6.45) is -0.791. The standard InChI is InChI=1S/C22H17F3INO4S/c23-22(24,25)32(28,29)31-26(18-14-8-3-9-15-18)20-19(16-10-4-1-5-11-16)30-21(27-20)17-12-6-2-7-13-17/h1-15,19-20H/t19-,20+/m0/s1. The Balaban J connectivity index is 1.82. The number of alkyl halides is 4. The first-order valence-electron chi connectivity index (χ1n) is 9.36. The number of hydrogen-bond donors (Lipinski definition) is 0. The van der Waals surface area contributed by atoms with Crippen LogP contribution in [-0.4, -0.2) is 23.9 Å². The van der Waals surface area contributed by atoms with Crippen molar-refractivity contribution in [3.8, 4) is 0 Å². The van der Waals surface area contributed by atoms with Gasteiger partial charge < -0.3 is 0 Å². The molecule has 0 spiro atoms. The van der Waals surface area contributed by atoms with Crippen LogP contribution < -0.4 is 0 Å². The fourth-order valence-corrected chi connectivity index (χ4v) is 10.3. The Bertz CT molecular complexity index is 1190. The van der Waals surface area contributed by atoms with Gasteiger partial charge in [0.15, 0.2) is 0 Å². The molecule has 1 aliphatic heterocycles. The zero-order valence-electron chi connectivity index (χ0n) is 16.3. The Morgan fingerprint density at radius 2 is 1.38 bits per heavy atom. The molecule has 0 saturated carbocycles. The molecule has 1 heterocycles. The SMILES string of the molecule is O=S(=O)(OI(c1ccccc1)[C@@H]1N=C(c2ccccc2)O[C@H]1c1ccccc1)C(F)(F)F. The number of halogens is 4. The van der Waals surface area contributed by atoms with E-state index >= 15 is 0 Å². The molecule has 0 bridgehead atoms. The van der Waals surface area contributed by atoms with Gasteiger partial charge in [0.2, 0.25) is 0 Å². The molecule has 2 atom stereocenters. The third-order valence-electron chi connectivity index (χ3n) is 4.46. The van der Waals surface area contributed by atoms with E-state index in [2.05, 4.69) is 4.99 Å². The summed E-state index contributed by atoms with van der Waals surface area (Å²) in [7, 11) is -5.83. The van der Waals surface area contributed by atoms with E-state index in [-0.39, 0.29) is 5.90 Å². The molecule has 0 fully saturated rings. The third kappa shape index (κ3) is 4.81. The maximum absolute atomic E-state index is 13.2. The van der Waals surface area contributed by atoms with Crippen LogP contribution in [0.2, 0.25) is 0 Å². The van der Waals surface area contributed by atoms with Crippen molar-refractivity contribution in [2.45, 2.75) is 15.7 Å². The van der Waals surface area contributed by atoms with Crippen LogP contribution in [-0.2, 0) is 17.4 Å². The second-order valence-corrected chi connectivity index (χ2v) is 13.3. The van der Waals surface area contributed by atoms with Gasteiger partial charge in [-0.25, -0.2) is 0 Å². The van der Waals surface area contributed by atoms with Gasteiger partial charge in [-0.1, -0.05) is 0 Å². The van der Waals surface area contributed by atoms with E-state index < -0.39 is 46.0 Å². The number of nitrogens with zero attached hydrogens (tertiary/aromatic N) is 1. The molecule has 0 aliphatic carbocycles. The number of rotatable bonds is 6. The van der Waals surface area contributed by atoms with Crippen molar-refractivity contribution >= 4 is 36.3 Å². The van der Waals surface area contributed by atoms with E-state index in [1.54, 1.807) is 84.9 Å². The van der Waals surface area contributed by atoms with Gasteiger partial charge in [0.25, 0.3) is 0 Å². The van der Waals surface area contributed by atoms with Crippen LogP contribution in [0.4, 0.5) is 13.2 Å². The third-order valence-corrected chi connectivity index (χ3v) is 12.0. The van der Waals surface area contributed by atoms with Gasteiger partial charge in [-0.05, 0) is 0 Å². The molecule has 168 valence electrons. The van der Waals surface area contributed by atoms with Crippen molar-refractivity contribution in [1.29, 1.82) is 0 Å². The second kappa shape index (κ2) is 9.20. The van der Waals surface area contributed by atoms with Gasteiger partial charge in [0.05, 0.1) is 0 Å². The van der Waals surface area contributed by atoms with Gasteiger partial charge in [-0.2, -0.15) is 0 Å². The minimum absolute atomic E-state index is 0.232. The predicted molar refractivity (Wildman–Crippen MR) is 122 cm³/mol. The van der Waals surface area contributed by atoms with E-state index in [0.717, 1.165) is 0 Å². The van der Waals surface area contributed by atoms with E-state index in [9.17, 15) is 21.6 Å². The van der Waals surface area contributed by atoms with Crippen LogP contribution in [0, 0.1) is 3.57 Å². The van der Waals surface area contributed by atoms with Crippen LogP contribution >= 0.6 is 20.2 Å². The predicted octanol–water partition coefficient (Wildman–Crippen LogP) is 5.69. The minimum atomic E-state index is -5.83. The first-order valence-corrected chi connectivity index (χ1v) is 14.0. The van der Waals surface area contributed by atoms with Gasteiger partial charge in [0.1, 0.15) is 0 Å². The fraction of sp³-hybridized carbons (Fsp3) is 0.136. The molecule has 3 aromatic carbocycles. The monoisotopic (exact) mass is 575 g/mol. The average molecular weight is 575 g/mol. The summed E-state index contributed by atoms with van der Waals surface area (Å²) >= 11 is -3.61. The summed E-state index contributed by atoms with van der Waals surface area (Å²) in [6, 6.07) is 25.8. The van der Waals surface area contributed by atoms with Crippen LogP contribution in [0.3, 0.4) is 0 Å². The van der Waals surface area contributed by atoms with Gasteiger partial charge >= 0.3 is 191 Å². The first-order chi connectivity index (χ1) is 15.3. The van der Waals surface area contributed by atoms with Crippen molar-refractivity contribution in [3.05, 3.63) is 106 Å². The molecule has 4 rings (SSSR count). The summed E-state index contributed by atoms with van der Waals surface area (Å²) < 4.78 is 74.0. The van der Waals surface area contributed by atoms with E-state index in [1.807, 2.05) is 6.07 Å². The molecule has 10 heteroatoms. The molecular formula is C22H17F3INO4S. The summed E-state index contributed by atoms with van der Waals surface area (Å²) in [5, 5.41) is 0. The molecule has 1 aliphatic rings. The molecule has 0 amide bonds. The molecule has 0 unspecified atom stereocenters. The summed E-state index contributed by atoms with van der Waals surface area (Å²) in [5.74, 6) is 0.232. The normalized spacial score (nSPS) is 19.2. The molecular weight excluding hydrogens is 558 g/mol. The number of benzene rings is 3. The maximum atomic E-state index is 13.2. The molecule has 32 heavy (non-hydrogen) atoms.